The molecule has 0 aliphatic heterocycles. The van der Waals surface area contributed by atoms with E-state index < -0.39 is 12.1 Å². The van der Waals surface area contributed by atoms with Gasteiger partial charge < -0.3 is 20.3 Å². The molecule has 0 aromatic rings. The van der Waals surface area contributed by atoms with Crippen molar-refractivity contribution in [1.82, 2.24) is 5.32 Å². The van der Waals surface area contributed by atoms with Gasteiger partial charge in [-0.25, -0.2) is 0 Å². The summed E-state index contributed by atoms with van der Waals surface area (Å²) in [5.41, 5.74) is 0. The quantitative estimate of drug-likeness (QED) is 0.0321. The summed E-state index contributed by atoms with van der Waals surface area (Å²) in [4.78, 5) is 24.5. The summed E-state index contributed by atoms with van der Waals surface area (Å²) in [6.45, 7) is 4.90. The molecule has 6 heteroatoms. The van der Waals surface area contributed by atoms with Crippen LogP contribution in [-0.2, 0) is 14.3 Å². The van der Waals surface area contributed by atoms with Crippen molar-refractivity contribution < 1.29 is 24.5 Å². The molecule has 0 fully saturated rings. The highest BCUT2D eigenvalue weighted by molar-refractivity contribution is 5.76. The van der Waals surface area contributed by atoms with E-state index in [1.807, 2.05) is 6.08 Å². The number of allylic oxidation sites excluding steroid dienone is 5. The van der Waals surface area contributed by atoms with Crippen molar-refractivity contribution in [2.45, 2.75) is 353 Å². The standard InChI is InChI=1S/C65H123NO5/c1-3-5-7-9-11-13-15-17-30-35-39-43-47-51-55-59-65(70)71-60-56-52-48-44-40-36-32-29-27-25-23-21-19-18-20-22-24-26-28-31-34-38-42-46-50-54-58-64(69)66-62(61-67)63(68)57-53-49-45-41-37-33-16-14-12-10-8-6-4-2/h17-18,20,30,53,57,62-63,67-68H,3-16,19,21-29,31-52,54-56,58-61H2,1-2H3,(H,66,69)/b20-18-,30-17-,57-53+. The van der Waals surface area contributed by atoms with Gasteiger partial charge in [-0.15, -0.1) is 0 Å². The largest absolute Gasteiger partial charge is 0.466 e. The lowest BCUT2D eigenvalue weighted by Gasteiger charge is -2.20. The zero-order valence-corrected chi connectivity index (χ0v) is 47.7. The van der Waals surface area contributed by atoms with E-state index >= 15 is 0 Å². The first-order valence-corrected chi connectivity index (χ1v) is 31.8. The first-order valence-electron chi connectivity index (χ1n) is 31.8. The predicted molar refractivity (Wildman–Crippen MR) is 310 cm³/mol. The molecule has 0 aromatic heterocycles. The second-order valence-corrected chi connectivity index (χ2v) is 21.7. The summed E-state index contributed by atoms with van der Waals surface area (Å²) < 4.78 is 5.48. The number of nitrogens with one attached hydrogen (secondary N) is 1. The highest BCUT2D eigenvalue weighted by atomic mass is 16.5. The molecule has 0 aliphatic rings. The third kappa shape index (κ3) is 57.2. The van der Waals surface area contributed by atoms with Crippen molar-refractivity contribution in [3.8, 4) is 0 Å². The van der Waals surface area contributed by atoms with E-state index in [4.69, 9.17) is 4.74 Å². The van der Waals surface area contributed by atoms with E-state index in [2.05, 4.69) is 43.5 Å². The minimum atomic E-state index is -0.845. The molecule has 6 nitrogen and oxygen atoms in total. The number of amides is 1. The van der Waals surface area contributed by atoms with E-state index in [9.17, 15) is 19.8 Å². The highest BCUT2D eigenvalue weighted by Gasteiger charge is 2.18. The summed E-state index contributed by atoms with van der Waals surface area (Å²) in [6, 6.07) is -0.629. The predicted octanol–water partition coefficient (Wildman–Crippen LogP) is 20.0. The van der Waals surface area contributed by atoms with Crippen LogP contribution in [0.5, 0.6) is 0 Å². The lowest BCUT2D eigenvalue weighted by molar-refractivity contribution is -0.143. The van der Waals surface area contributed by atoms with Gasteiger partial charge in [0.1, 0.15) is 0 Å². The van der Waals surface area contributed by atoms with Crippen LogP contribution in [0.25, 0.3) is 0 Å². The zero-order valence-electron chi connectivity index (χ0n) is 47.7. The minimum Gasteiger partial charge on any atom is -0.466 e. The third-order valence-corrected chi connectivity index (χ3v) is 14.6. The Morgan fingerprint density at radius 2 is 0.662 bits per heavy atom. The Morgan fingerprint density at radius 1 is 0.380 bits per heavy atom. The van der Waals surface area contributed by atoms with Gasteiger partial charge in [-0.2, -0.15) is 0 Å². The monoisotopic (exact) mass is 998 g/mol. The first-order chi connectivity index (χ1) is 35.0. The number of aliphatic hydroxyl groups is 2. The Labute approximate surface area is 443 Å². The number of ether oxygens (including phenoxy) is 1. The second kappa shape index (κ2) is 60.6. The zero-order chi connectivity index (χ0) is 51.4. The average molecular weight is 999 g/mol. The molecule has 3 N–H and O–H groups in total. The van der Waals surface area contributed by atoms with Gasteiger partial charge in [0.15, 0.2) is 0 Å². The van der Waals surface area contributed by atoms with Gasteiger partial charge in [0.05, 0.1) is 25.4 Å². The van der Waals surface area contributed by atoms with Gasteiger partial charge in [0.25, 0.3) is 0 Å². The molecule has 0 spiro atoms. The number of carbonyl (C=O) groups is 2. The molecule has 0 bridgehead atoms. The minimum absolute atomic E-state index is 0.00595. The highest BCUT2D eigenvalue weighted by Crippen LogP contribution is 2.17. The van der Waals surface area contributed by atoms with Crippen LogP contribution in [0.2, 0.25) is 0 Å². The van der Waals surface area contributed by atoms with Crippen LogP contribution in [0, 0.1) is 0 Å². The molecule has 0 saturated carbocycles. The van der Waals surface area contributed by atoms with E-state index in [0.717, 1.165) is 44.9 Å². The fourth-order valence-electron chi connectivity index (χ4n) is 9.74. The summed E-state index contributed by atoms with van der Waals surface area (Å²) in [6.07, 6.45) is 76.2. The number of hydrogen-bond donors (Lipinski definition) is 3. The maximum atomic E-state index is 12.4. The smallest absolute Gasteiger partial charge is 0.305 e. The maximum Gasteiger partial charge on any atom is 0.305 e. The number of esters is 1. The van der Waals surface area contributed by atoms with Crippen molar-refractivity contribution in [1.29, 1.82) is 0 Å². The molecule has 0 rings (SSSR count). The molecule has 71 heavy (non-hydrogen) atoms. The Morgan fingerprint density at radius 3 is 1.00 bits per heavy atom. The van der Waals surface area contributed by atoms with E-state index in [1.54, 1.807) is 6.08 Å². The van der Waals surface area contributed by atoms with Crippen LogP contribution >= 0.6 is 0 Å². The molecule has 0 saturated heterocycles. The molecular weight excluding hydrogens is 875 g/mol. The topological polar surface area (TPSA) is 95.9 Å². The molecule has 2 unspecified atom stereocenters. The van der Waals surface area contributed by atoms with Crippen molar-refractivity contribution in [3.63, 3.8) is 0 Å². The Kier molecular flexibility index (Phi) is 59.0. The van der Waals surface area contributed by atoms with Gasteiger partial charge in [-0.3, -0.25) is 9.59 Å². The van der Waals surface area contributed by atoms with Crippen molar-refractivity contribution in [2.75, 3.05) is 13.2 Å². The Hall–Kier alpha value is -1.92. The van der Waals surface area contributed by atoms with Crippen LogP contribution in [0.1, 0.15) is 341 Å². The second-order valence-electron chi connectivity index (χ2n) is 21.7. The Balaban J connectivity index is 3.40. The fraction of sp³-hybridized carbons (Fsp3) is 0.877. The molecule has 0 heterocycles. The molecule has 0 aliphatic carbocycles. The van der Waals surface area contributed by atoms with E-state index in [1.165, 1.54) is 270 Å². The molecule has 0 radical (unpaired) electrons. The van der Waals surface area contributed by atoms with Crippen molar-refractivity contribution >= 4 is 11.9 Å². The van der Waals surface area contributed by atoms with Crippen LogP contribution < -0.4 is 5.32 Å². The molecular formula is C65H123NO5. The third-order valence-electron chi connectivity index (χ3n) is 14.6. The van der Waals surface area contributed by atoms with Gasteiger partial charge in [-0.05, 0) is 83.5 Å². The normalized spacial score (nSPS) is 12.8. The SMILES string of the molecule is CCCCCCCC/C=C\CCCCCCCC(=O)OCCCCCCCCCCCCCC/C=C\CCCCCCCCCCCCC(=O)NC(CO)C(O)/C=C/CCCCCCCCCCCCC. The van der Waals surface area contributed by atoms with E-state index in [0.29, 0.717) is 19.4 Å². The fourth-order valence-corrected chi connectivity index (χ4v) is 9.74. The van der Waals surface area contributed by atoms with Crippen LogP contribution in [0.3, 0.4) is 0 Å². The van der Waals surface area contributed by atoms with Crippen molar-refractivity contribution in [3.05, 3.63) is 36.5 Å². The molecule has 2 atom stereocenters. The lowest BCUT2D eigenvalue weighted by atomic mass is 10.0. The maximum absolute atomic E-state index is 12.4. The Bertz CT molecular complexity index is 1150. The van der Waals surface area contributed by atoms with Crippen LogP contribution in [-0.4, -0.2) is 47.4 Å². The van der Waals surface area contributed by atoms with E-state index in [-0.39, 0.29) is 18.5 Å². The van der Waals surface area contributed by atoms with Gasteiger partial charge in [0, 0.05) is 12.8 Å². The first kappa shape index (κ1) is 69.1. The lowest BCUT2D eigenvalue weighted by Crippen LogP contribution is -2.45. The molecule has 1 amide bonds. The number of aliphatic hydroxyl groups excluding tert-OH is 2. The van der Waals surface area contributed by atoms with Gasteiger partial charge in [0.2, 0.25) is 5.91 Å². The summed E-state index contributed by atoms with van der Waals surface area (Å²) in [5, 5.41) is 23.1. The number of rotatable bonds is 59. The number of carbonyl (C=O) groups excluding carboxylic acids is 2. The van der Waals surface area contributed by atoms with Crippen LogP contribution in [0.15, 0.2) is 36.5 Å². The van der Waals surface area contributed by atoms with Crippen LogP contribution in [0.4, 0.5) is 0 Å². The summed E-state index contributed by atoms with van der Waals surface area (Å²) in [7, 11) is 0. The summed E-state index contributed by atoms with van der Waals surface area (Å²) >= 11 is 0. The van der Waals surface area contributed by atoms with Gasteiger partial charge in [-0.1, -0.05) is 281 Å². The molecule has 418 valence electrons. The van der Waals surface area contributed by atoms with Gasteiger partial charge >= 0.3 is 5.97 Å². The van der Waals surface area contributed by atoms with Crippen molar-refractivity contribution in [2.24, 2.45) is 0 Å². The molecule has 0 aromatic carbocycles. The summed E-state index contributed by atoms with van der Waals surface area (Å²) in [5.74, 6) is -0.0635. The number of unbranched alkanes of at least 4 members (excludes halogenated alkanes) is 44. The average Bonchev–Trinajstić information content (AvgIpc) is 3.37. The number of hydrogen-bond acceptors (Lipinski definition) is 5.